The minimum absolute atomic E-state index is 0.833. The summed E-state index contributed by atoms with van der Waals surface area (Å²) in [7, 11) is 0. The molecule has 0 aromatic carbocycles. The van der Waals surface area contributed by atoms with Crippen LogP contribution in [-0.4, -0.2) is 40.4 Å². The topological polar surface area (TPSA) is 67.1 Å². The van der Waals surface area contributed by atoms with Crippen molar-refractivity contribution in [3.05, 3.63) is 12.2 Å². The van der Waals surface area contributed by atoms with Crippen LogP contribution < -0.4 is 10.6 Å². The van der Waals surface area contributed by atoms with Crippen molar-refractivity contribution in [1.82, 2.24) is 25.4 Å². The lowest BCUT2D eigenvalue weighted by Gasteiger charge is -2.20. The third kappa shape index (κ3) is 6.49. The maximum Gasteiger partial charge on any atom is 0.191 e. The van der Waals surface area contributed by atoms with Crippen LogP contribution in [0, 0.1) is 5.92 Å². The van der Waals surface area contributed by atoms with Gasteiger partial charge in [0.25, 0.3) is 0 Å². The van der Waals surface area contributed by atoms with Gasteiger partial charge in [-0.2, -0.15) is 0 Å². The molecule has 0 atom stereocenters. The molecule has 6 heteroatoms. The maximum atomic E-state index is 4.71. The maximum absolute atomic E-state index is 4.71. The first-order chi connectivity index (χ1) is 11.8. The zero-order valence-electron chi connectivity index (χ0n) is 15.4. The van der Waals surface area contributed by atoms with Crippen molar-refractivity contribution in [2.75, 3.05) is 19.6 Å². The molecule has 0 saturated heterocycles. The Labute approximate surface area is 146 Å². The van der Waals surface area contributed by atoms with Crippen LogP contribution >= 0.6 is 0 Å². The molecular formula is C18H34N6. The number of aromatic nitrogens is 3. The molecule has 0 amide bonds. The Morgan fingerprint density at radius 1 is 1.25 bits per heavy atom. The Morgan fingerprint density at radius 2 is 2.08 bits per heavy atom. The molecule has 0 bridgehead atoms. The first-order valence-electron chi connectivity index (χ1n) is 9.72. The van der Waals surface area contributed by atoms with Crippen LogP contribution in [0.3, 0.4) is 0 Å². The summed E-state index contributed by atoms with van der Waals surface area (Å²) < 4.78 is 2.10. The van der Waals surface area contributed by atoms with Gasteiger partial charge >= 0.3 is 0 Å². The van der Waals surface area contributed by atoms with Crippen LogP contribution in [0.4, 0.5) is 0 Å². The van der Waals surface area contributed by atoms with Gasteiger partial charge in [-0.3, -0.25) is 4.99 Å². The molecule has 0 aliphatic heterocycles. The van der Waals surface area contributed by atoms with E-state index in [2.05, 4.69) is 39.2 Å². The van der Waals surface area contributed by atoms with Crippen molar-refractivity contribution in [3.8, 4) is 0 Å². The number of nitrogens with one attached hydrogen (secondary N) is 2. The number of hydrogen-bond donors (Lipinski definition) is 2. The number of rotatable bonds is 9. The molecule has 0 radical (unpaired) electrons. The van der Waals surface area contributed by atoms with Crippen molar-refractivity contribution >= 4 is 5.96 Å². The number of guanidine groups is 1. The van der Waals surface area contributed by atoms with Crippen LogP contribution in [0.25, 0.3) is 0 Å². The van der Waals surface area contributed by atoms with Gasteiger partial charge in [0.2, 0.25) is 0 Å². The second-order valence-corrected chi connectivity index (χ2v) is 6.63. The molecule has 24 heavy (non-hydrogen) atoms. The van der Waals surface area contributed by atoms with E-state index in [0.29, 0.717) is 0 Å². The van der Waals surface area contributed by atoms with Crippen molar-refractivity contribution in [1.29, 1.82) is 0 Å². The van der Waals surface area contributed by atoms with E-state index in [1.54, 1.807) is 6.33 Å². The summed E-state index contributed by atoms with van der Waals surface area (Å²) in [4.78, 5) is 4.71. The monoisotopic (exact) mass is 334 g/mol. The van der Waals surface area contributed by atoms with Gasteiger partial charge < -0.3 is 15.2 Å². The Hall–Kier alpha value is -1.59. The number of nitrogens with zero attached hydrogens (tertiary/aromatic N) is 4. The Balaban J connectivity index is 1.67. The normalized spacial score (nSPS) is 16.3. The summed E-state index contributed by atoms with van der Waals surface area (Å²) in [6.45, 7) is 7.71. The Morgan fingerprint density at radius 3 is 2.83 bits per heavy atom. The molecule has 1 aromatic heterocycles. The summed E-state index contributed by atoms with van der Waals surface area (Å²) >= 11 is 0. The lowest BCUT2D eigenvalue weighted by Crippen LogP contribution is -2.39. The van der Waals surface area contributed by atoms with E-state index in [1.165, 1.54) is 44.9 Å². The standard InChI is InChI=1S/C18H34N6/c1-3-17-23-22-15-24(17)14-13-21-18(19-4-2)20-12-8-11-16-9-6-5-7-10-16/h15-16H,3-14H2,1-2H3,(H2,19,20,21). The second-order valence-electron chi connectivity index (χ2n) is 6.63. The average molecular weight is 335 g/mol. The predicted octanol–water partition coefficient (Wildman–Crippen LogP) is 2.76. The fraction of sp³-hybridized carbons (Fsp3) is 0.833. The molecular weight excluding hydrogens is 300 g/mol. The zero-order chi connectivity index (χ0) is 17.0. The summed E-state index contributed by atoms with van der Waals surface area (Å²) in [5.41, 5.74) is 0. The number of aliphatic imine (C=N–C) groups is 1. The first kappa shape index (κ1) is 18.7. The van der Waals surface area contributed by atoms with Gasteiger partial charge in [-0.1, -0.05) is 39.0 Å². The Bertz CT molecular complexity index is 476. The average Bonchev–Trinajstić information content (AvgIpc) is 3.07. The van der Waals surface area contributed by atoms with E-state index in [4.69, 9.17) is 4.99 Å². The van der Waals surface area contributed by atoms with Crippen LogP contribution in [0.5, 0.6) is 0 Å². The van der Waals surface area contributed by atoms with Crippen LogP contribution in [0.15, 0.2) is 11.3 Å². The van der Waals surface area contributed by atoms with Gasteiger partial charge in [0.05, 0.1) is 0 Å². The first-order valence-corrected chi connectivity index (χ1v) is 9.72. The van der Waals surface area contributed by atoms with E-state index in [-0.39, 0.29) is 0 Å². The highest BCUT2D eigenvalue weighted by Gasteiger charge is 2.12. The third-order valence-electron chi connectivity index (χ3n) is 4.77. The van der Waals surface area contributed by atoms with Crippen molar-refractivity contribution in [3.63, 3.8) is 0 Å². The summed E-state index contributed by atoms with van der Waals surface area (Å²) in [6, 6.07) is 0. The summed E-state index contributed by atoms with van der Waals surface area (Å²) in [5, 5.41) is 14.8. The molecule has 1 heterocycles. The summed E-state index contributed by atoms with van der Waals surface area (Å²) in [6.07, 6.45) is 12.4. The summed E-state index contributed by atoms with van der Waals surface area (Å²) in [5.74, 6) is 2.91. The molecule has 6 nitrogen and oxygen atoms in total. The fourth-order valence-electron chi connectivity index (χ4n) is 3.42. The third-order valence-corrected chi connectivity index (χ3v) is 4.77. The highest BCUT2D eigenvalue weighted by Crippen LogP contribution is 2.27. The van der Waals surface area contributed by atoms with Crippen LogP contribution in [0.2, 0.25) is 0 Å². The largest absolute Gasteiger partial charge is 0.357 e. The van der Waals surface area contributed by atoms with Gasteiger partial charge in [-0.05, 0) is 25.7 Å². The molecule has 1 fully saturated rings. The van der Waals surface area contributed by atoms with Crippen LogP contribution in [-0.2, 0) is 13.0 Å². The van der Waals surface area contributed by atoms with E-state index in [9.17, 15) is 0 Å². The van der Waals surface area contributed by atoms with Crippen molar-refractivity contribution < 1.29 is 0 Å². The van der Waals surface area contributed by atoms with E-state index < -0.39 is 0 Å². The lowest BCUT2D eigenvalue weighted by atomic mass is 9.86. The Kier molecular flexibility index (Phi) is 8.63. The molecule has 136 valence electrons. The molecule has 2 N–H and O–H groups in total. The molecule has 1 aromatic rings. The number of hydrogen-bond acceptors (Lipinski definition) is 3. The smallest absolute Gasteiger partial charge is 0.191 e. The van der Waals surface area contributed by atoms with E-state index in [1.807, 2.05) is 0 Å². The highest BCUT2D eigenvalue weighted by atomic mass is 15.3. The zero-order valence-corrected chi connectivity index (χ0v) is 15.4. The van der Waals surface area contributed by atoms with E-state index >= 15 is 0 Å². The van der Waals surface area contributed by atoms with Gasteiger partial charge in [-0.25, -0.2) is 0 Å². The van der Waals surface area contributed by atoms with Crippen molar-refractivity contribution in [2.45, 2.75) is 71.8 Å². The van der Waals surface area contributed by atoms with E-state index in [0.717, 1.165) is 50.3 Å². The molecule has 1 aliphatic rings. The molecule has 1 aliphatic carbocycles. The highest BCUT2D eigenvalue weighted by molar-refractivity contribution is 5.79. The quantitative estimate of drug-likeness (QED) is 0.414. The molecule has 1 saturated carbocycles. The molecule has 0 spiro atoms. The molecule has 2 rings (SSSR count). The van der Waals surface area contributed by atoms with Crippen LogP contribution in [0.1, 0.15) is 64.6 Å². The van der Waals surface area contributed by atoms with Gasteiger partial charge in [0.15, 0.2) is 5.96 Å². The minimum Gasteiger partial charge on any atom is -0.357 e. The van der Waals surface area contributed by atoms with Gasteiger partial charge in [0, 0.05) is 32.6 Å². The van der Waals surface area contributed by atoms with Crippen molar-refractivity contribution in [2.24, 2.45) is 10.9 Å². The fourth-order valence-corrected chi connectivity index (χ4v) is 3.42. The van der Waals surface area contributed by atoms with Gasteiger partial charge in [-0.15, -0.1) is 10.2 Å². The van der Waals surface area contributed by atoms with Gasteiger partial charge in [0.1, 0.15) is 12.2 Å². The predicted molar refractivity (Wildman–Crippen MR) is 99.2 cm³/mol. The second kappa shape index (κ2) is 11.0. The lowest BCUT2D eigenvalue weighted by molar-refractivity contribution is 0.334. The minimum atomic E-state index is 0.833. The molecule has 0 unspecified atom stereocenters. The number of aryl methyl sites for hydroxylation is 1. The SMILES string of the molecule is CCNC(=NCCCC1CCCCC1)NCCn1cnnc1CC.